The van der Waals surface area contributed by atoms with Gasteiger partial charge in [0.15, 0.2) is 0 Å². The summed E-state index contributed by atoms with van der Waals surface area (Å²) >= 11 is 0. The zero-order chi connectivity index (χ0) is 27.9. The van der Waals surface area contributed by atoms with Crippen LogP contribution in [0.15, 0.2) is 164 Å². The van der Waals surface area contributed by atoms with Crippen molar-refractivity contribution in [2.24, 2.45) is 0 Å². The minimum Gasteiger partial charge on any atom is -0.248 e. The molecule has 0 radical (unpaired) electrons. The van der Waals surface area contributed by atoms with Crippen molar-refractivity contribution in [1.29, 1.82) is 0 Å². The van der Waals surface area contributed by atoms with Crippen LogP contribution in [0.4, 0.5) is 0 Å². The fourth-order valence-corrected chi connectivity index (χ4v) is 6.25. The first-order chi connectivity index (χ1) is 20.8. The Kier molecular flexibility index (Phi) is 5.86. The molecule has 0 unspecified atom stereocenters. The molecule has 0 fully saturated rings. The molecule has 0 atom stereocenters. The number of hydrogen-bond donors (Lipinski definition) is 0. The van der Waals surface area contributed by atoms with E-state index in [9.17, 15) is 0 Å². The van der Waals surface area contributed by atoms with E-state index < -0.39 is 0 Å². The van der Waals surface area contributed by atoms with Gasteiger partial charge < -0.3 is 0 Å². The quantitative estimate of drug-likeness (QED) is 0.205. The van der Waals surface area contributed by atoms with Gasteiger partial charge in [0.2, 0.25) is 0 Å². The number of fused-ring (bicyclic) bond motifs is 3. The number of nitrogens with zero attached hydrogens (tertiary/aromatic N) is 1. The molecular weight excluding hydrogens is 506 g/mol. The molecule has 0 saturated carbocycles. The summed E-state index contributed by atoms with van der Waals surface area (Å²) in [6.45, 7) is 0. The average Bonchev–Trinajstić information content (AvgIpc) is 3.07. The average molecular weight is 534 g/mol. The molecule has 1 heterocycles. The summed E-state index contributed by atoms with van der Waals surface area (Å²) in [5.74, 6) is 0. The first kappa shape index (κ1) is 24.3. The lowest BCUT2D eigenvalue weighted by molar-refractivity contribution is 1.40. The fourth-order valence-electron chi connectivity index (χ4n) is 6.25. The molecule has 7 aromatic carbocycles. The maximum Gasteiger partial charge on any atom is 0.0709 e. The Morgan fingerprint density at radius 1 is 0.310 bits per heavy atom. The van der Waals surface area contributed by atoms with Gasteiger partial charge in [-0.05, 0) is 73.1 Å². The summed E-state index contributed by atoms with van der Waals surface area (Å²) < 4.78 is 0. The molecule has 8 rings (SSSR count). The Hall–Kier alpha value is -5.53. The molecule has 0 bridgehead atoms. The molecule has 8 aromatic rings. The summed E-state index contributed by atoms with van der Waals surface area (Å²) in [7, 11) is 0. The van der Waals surface area contributed by atoms with Gasteiger partial charge in [-0.25, -0.2) is 4.98 Å². The Bertz CT molecular complexity index is 2210. The number of rotatable bonds is 4. The third-order valence-electron chi connectivity index (χ3n) is 8.26. The van der Waals surface area contributed by atoms with Crippen LogP contribution in [0, 0.1) is 0 Å². The highest BCUT2D eigenvalue weighted by Gasteiger charge is 2.17. The van der Waals surface area contributed by atoms with E-state index in [1.807, 2.05) is 6.07 Å². The first-order valence-electron chi connectivity index (χ1n) is 14.4. The normalized spacial score (nSPS) is 11.3. The Labute approximate surface area is 245 Å². The highest BCUT2D eigenvalue weighted by molar-refractivity contribution is 6.21. The van der Waals surface area contributed by atoms with Crippen LogP contribution in [-0.2, 0) is 0 Å². The van der Waals surface area contributed by atoms with Crippen LogP contribution in [0.2, 0.25) is 0 Å². The van der Waals surface area contributed by atoms with Crippen molar-refractivity contribution >= 4 is 32.4 Å². The van der Waals surface area contributed by atoms with Gasteiger partial charge in [-0.2, -0.15) is 0 Å². The maximum atomic E-state index is 4.90. The Balaban J connectivity index is 1.33. The van der Waals surface area contributed by atoms with Crippen molar-refractivity contribution in [3.63, 3.8) is 0 Å². The van der Waals surface area contributed by atoms with E-state index in [-0.39, 0.29) is 0 Å². The van der Waals surface area contributed by atoms with Gasteiger partial charge in [-0.15, -0.1) is 0 Å². The number of hydrogen-bond acceptors (Lipinski definition) is 1. The molecule has 0 N–H and O–H groups in total. The largest absolute Gasteiger partial charge is 0.248 e. The summed E-state index contributed by atoms with van der Waals surface area (Å²) in [4.78, 5) is 4.90. The van der Waals surface area contributed by atoms with Gasteiger partial charge in [0, 0.05) is 10.9 Å². The van der Waals surface area contributed by atoms with E-state index in [0.717, 1.165) is 22.2 Å². The van der Waals surface area contributed by atoms with Crippen LogP contribution >= 0.6 is 0 Å². The van der Waals surface area contributed by atoms with Crippen molar-refractivity contribution in [2.75, 3.05) is 0 Å². The minimum absolute atomic E-state index is 0.990. The van der Waals surface area contributed by atoms with E-state index >= 15 is 0 Å². The Morgan fingerprint density at radius 2 is 0.833 bits per heavy atom. The lowest BCUT2D eigenvalue weighted by Crippen LogP contribution is -1.91. The zero-order valence-corrected chi connectivity index (χ0v) is 23.0. The van der Waals surface area contributed by atoms with Crippen molar-refractivity contribution < 1.29 is 0 Å². The van der Waals surface area contributed by atoms with Gasteiger partial charge in [-0.3, -0.25) is 0 Å². The van der Waals surface area contributed by atoms with E-state index in [1.54, 1.807) is 0 Å². The standard InChI is InChI=1S/C41H27N/c1-3-12-31(13-4-1)40-34-16-8-9-17-35(34)41(32-14-5-2-6-15-32)37-27-33(23-25-36(37)40)28-19-21-30(22-20-28)39-26-24-29-11-7-10-18-38(29)42-39/h1-27H. The third kappa shape index (κ3) is 4.15. The van der Waals surface area contributed by atoms with Crippen LogP contribution in [0.3, 0.4) is 0 Å². The van der Waals surface area contributed by atoms with Crippen LogP contribution < -0.4 is 0 Å². The van der Waals surface area contributed by atoms with Crippen molar-refractivity contribution in [1.82, 2.24) is 4.98 Å². The van der Waals surface area contributed by atoms with Crippen molar-refractivity contribution in [2.45, 2.75) is 0 Å². The number of para-hydroxylation sites is 1. The highest BCUT2D eigenvalue weighted by Crippen LogP contribution is 2.44. The van der Waals surface area contributed by atoms with Gasteiger partial charge in [-0.1, -0.05) is 146 Å². The van der Waals surface area contributed by atoms with E-state index in [1.165, 1.54) is 54.9 Å². The second-order valence-corrected chi connectivity index (χ2v) is 10.8. The molecule has 0 spiro atoms. The van der Waals surface area contributed by atoms with Gasteiger partial charge in [0.05, 0.1) is 11.2 Å². The van der Waals surface area contributed by atoms with E-state index in [0.29, 0.717) is 0 Å². The zero-order valence-electron chi connectivity index (χ0n) is 23.0. The molecular formula is C41H27N. The van der Waals surface area contributed by atoms with E-state index in [4.69, 9.17) is 4.98 Å². The van der Waals surface area contributed by atoms with Crippen molar-refractivity contribution in [3.05, 3.63) is 164 Å². The molecule has 0 aliphatic carbocycles. The van der Waals surface area contributed by atoms with Crippen molar-refractivity contribution in [3.8, 4) is 44.6 Å². The predicted molar refractivity (Wildman–Crippen MR) is 178 cm³/mol. The molecule has 196 valence electrons. The predicted octanol–water partition coefficient (Wildman–Crippen LogP) is 11.2. The van der Waals surface area contributed by atoms with Crippen LogP contribution in [0.5, 0.6) is 0 Å². The lowest BCUT2D eigenvalue weighted by Gasteiger charge is -2.18. The fraction of sp³-hybridized carbons (Fsp3) is 0. The number of aromatic nitrogens is 1. The molecule has 42 heavy (non-hydrogen) atoms. The summed E-state index contributed by atoms with van der Waals surface area (Å²) in [6.07, 6.45) is 0. The number of benzene rings is 7. The first-order valence-corrected chi connectivity index (χ1v) is 14.4. The highest BCUT2D eigenvalue weighted by atomic mass is 14.7. The number of pyridine rings is 1. The molecule has 1 aromatic heterocycles. The van der Waals surface area contributed by atoms with Crippen LogP contribution in [0.1, 0.15) is 0 Å². The van der Waals surface area contributed by atoms with Crippen LogP contribution in [0.25, 0.3) is 77.1 Å². The summed E-state index contributed by atoms with van der Waals surface area (Å²) in [5, 5.41) is 6.22. The molecule has 0 aliphatic rings. The minimum atomic E-state index is 0.990. The van der Waals surface area contributed by atoms with E-state index in [2.05, 4.69) is 158 Å². The monoisotopic (exact) mass is 533 g/mol. The molecule has 0 aliphatic heterocycles. The topological polar surface area (TPSA) is 12.9 Å². The molecule has 1 nitrogen and oxygen atoms in total. The van der Waals surface area contributed by atoms with Gasteiger partial charge in [0.1, 0.15) is 0 Å². The summed E-state index contributed by atoms with van der Waals surface area (Å²) in [6, 6.07) is 58.7. The van der Waals surface area contributed by atoms with Gasteiger partial charge >= 0.3 is 0 Å². The Morgan fingerprint density at radius 3 is 1.52 bits per heavy atom. The third-order valence-corrected chi connectivity index (χ3v) is 8.26. The molecule has 0 amide bonds. The molecule has 1 heteroatoms. The lowest BCUT2D eigenvalue weighted by atomic mass is 9.85. The van der Waals surface area contributed by atoms with Gasteiger partial charge in [0.25, 0.3) is 0 Å². The SMILES string of the molecule is c1ccc(-c2c3ccccc3c(-c3ccccc3)c3cc(-c4ccc(-c5ccc6ccccc6n5)cc4)ccc23)cc1. The summed E-state index contributed by atoms with van der Waals surface area (Å²) in [5.41, 5.74) is 10.5. The van der Waals surface area contributed by atoms with Crippen LogP contribution in [-0.4, -0.2) is 4.98 Å². The smallest absolute Gasteiger partial charge is 0.0709 e. The molecule has 0 saturated heterocycles. The second kappa shape index (κ2) is 10.1. The second-order valence-electron chi connectivity index (χ2n) is 10.8. The maximum absolute atomic E-state index is 4.90.